The normalized spacial score (nSPS) is 47.9. The van der Waals surface area contributed by atoms with Gasteiger partial charge in [0.1, 0.15) is 0 Å². The Bertz CT molecular complexity index is 615. The number of carboxylic acid groups (broad SMARTS) is 1. The molecular formula is C25H42O6. The molecule has 0 amide bonds. The van der Waals surface area contributed by atoms with Crippen LogP contribution >= 0.6 is 0 Å². The minimum atomic E-state index is -0.886. The SMILES string of the molecule is CC1CC[C@@H]2C3[C@@H](O1)O[C@H](CCOCC1(O)CCC(C(=O)O)CC1)[C@H](C)[C@@H]3CC[C@H]2C. The molecule has 2 unspecified atom stereocenters. The highest BCUT2D eigenvalue weighted by Gasteiger charge is 2.51. The molecule has 4 fully saturated rings. The van der Waals surface area contributed by atoms with E-state index in [0.717, 1.165) is 18.8 Å². The monoisotopic (exact) mass is 438 g/mol. The van der Waals surface area contributed by atoms with Crippen LogP contribution in [0.4, 0.5) is 0 Å². The van der Waals surface area contributed by atoms with E-state index in [-0.39, 0.29) is 31.0 Å². The Morgan fingerprint density at radius 1 is 1.00 bits per heavy atom. The molecule has 0 aromatic carbocycles. The molecule has 178 valence electrons. The summed E-state index contributed by atoms with van der Waals surface area (Å²) in [6.45, 7) is 7.76. The standard InChI is InChI=1S/C25H42O6/c1-15-4-6-20-17(3)21(31-24-22(20)19(15)7-5-16(2)30-24)10-13-29-14-25(28)11-8-18(9-12-25)23(26)27/h15-22,24,28H,4-14H2,1-3H3,(H,26,27)/t15-,16?,17-,18?,19+,20+,21-,22?,24+,25?/m1/s1. The molecule has 2 saturated carbocycles. The van der Waals surface area contributed by atoms with Crippen LogP contribution in [0.5, 0.6) is 0 Å². The first kappa shape index (κ1) is 23.5. The second kappa shape index (κ2) is 9.66. The molecule has 8 atom stereocenters. The Labute approximate surface area is 187 Å². The van der Waals surface area contributed by atoms with E-state index < -0.39 is 11.6 Å². The maximum atomic E-state index is 11.1. The van der Waals surface area contributed by atoms with Gasteiger partial charge in [-0.25, -0.2) is 0 Å². The molecule has 6 nitrogen and oxygen atoms in total. The van der Waals surface area contributed by atoms with Gasteiger partial charge in [-0.05, 0) is 82.0 Å². The van der Waals surface area contributed by atoms with E-state index in [1.807, 2.05) is 0 Å². The summed E-state index contributed by atoms with van der Waals surface area (Å²) in [5, 5.41) is 19.9. The molecule has 2 aliphatic carbocycles. The van der Waals surface area contributed by atoms with Crippen LogP contribution in [-0.4, -0.2) is 53.5 Å². The lowest BCUT2D eigenvalue weighted by Crippen LogP contribution is -2.53. The van der Waals surface area contributed by atoms with Gasteiger partial charge < -0.3 is 24.4 Å². The Morgan fingerprint density at radius 3 is 2.42 bits per heavy atom. The van der Waals surface area contributed by atoms with E-state index >= 15 is 0 Å². The fourth-order valence-electron chi connectivity index (χ4n) is 6.90. The minimum absolute atomic E-state index is 0.0908. The highest BCUT2D eigenvalue weighted by Crippen LogP contribution is 2.52. The molecular weight excluding hydrogens is 396 g/mol. The number of ether oxygens (including phenoxy) is 3. The van der Waals surface area contributed by atoms with Gasteiger partial charge in [0.15, 0.2) is 6.29 Å². The van der Waals surface area contributed by atoms with Crippen molar-refractivity contribution in [1.29, 1.82) is 0 Å². The molecule has 0 aromatic heterocycles. The van der Waals surface area contributed by atoms with Gasteiger partial charge in [0.25, 0.3) is 0 Å². The zero-order valence-corrected chi connectivity index (χ0v) is 19.5. The van der Waals surface area contributed by atoms with E-state index in [9.17, 15) is 9.90 Å². The summed E-state index contributed by atoms with van der Waals surface area (Å²) < 4.78 is 18.8. The summed E-state index contributed by atoms with van der Waals surface area (Å²) in [6, 6.07) is 0. The van der Waals surface area contributed by atoms with E-state index in [1.54, 1.807) is 0 Å². The maximum absolute atomic E-state index is 11.1. The number of hydrogen-bond donors (Lipinski definition) is 2. The number of aliphatic carboxylic acids is 1. The molecule has 2 aliphatic heterocycles. The third kappa shape index (κ3) is 5.13. The zero-order chi connectivity index (χ0) is 22.2. The largest absolute Gasteiger partial charge is 0.481 e. The number of carboxylic acids is 1. The lowest BCUT2D eigenvalue weighted by Gasteiger charge is -2.52. The average Bonchev–Trinajstić information content (AvgIpc) is 2.90. The first-order valence-corrected chi connectivity index (χ1v) is 12.6. The number of hydrogen-bond acceptors (Lipinski definition) is 5. The van der Waals surface area contributed by atoms with Crippen LogP contribution in [0.15, 0.2) is 0 Å². The van der Waals surface area contributed by atoms with Crippen molar-refractivity contribution in [3.05, 3.63) is 0 Å². The van der Waals surface area contributed by atoms with Crippen molar-refractivity contribution in [2.75, 3.05) is 13.2 Å². The Hall–Kier alpha value is -0.690. The number of carbonyl (C=O) groups is 1. The van der Waals surface area contributed by atoms with Crippen LogP contribution < -0.4 is 0 Å². The van der Waals surface area contributed by atoms with Crippen molar-refractivity contribution in [3.63, 3.8) is 0 Å². The lowest BCUT2D eigenvalue weighted by molar-refractivity contribution is -0.279. The predicted molar refractivity (Wildman–Crippen MR) is 116 cm³/mol. The van der Waals surface area contributed by atoms with E-state index in [2.05, 4.69) is 20.8 Å². The van der Waals surface area contributed by atoms with Crippen molar-refractivity contribution in [2.45, 2.75) is 103 Å². The van der Waals surface area contributed by atoms with E-state index in [1.165, 1.54) is 19.3 Å². The first-order chi connectivity index (χ1) is 14.8. The molecule has 0 bridgehead atoms. The summed E-state index contributed by atoms with van der Waals surface area (Å²) in [7, 11) is 0. The number of rotatable bonds is 6. The van der Waals surface area contributed by atoms with Gasteiger partial charge in [0.05, 0.1) is 30.3 Å². The third-order valence-corrected chi connectivity index (χ3v) is 9.02. The van der Waals surface area contributed by atoms with Gasteiger partial charge in [-0.3, -0.25) is 4.79 Å². The zero-order valence-electron chi connectivity index (χ0n) is 19.5. The molecule has 2 heterocycles. The summed E-state index contributed by atoms with van der Waals surface area (Å²) in [4.78, 5) is 11.1. The average molecular weight is 439 g/mol. The quantitative estimate of drug-likeness (QED) is 0.604. The Morgan fingerprint density at radius 2 is 1.71 bits per heavy atom. The second-order valence-corrected chi connectivity index (χ2v) is 11.1. The van der Waals surface area contributed by atoms with Crippen molar-refractivity contribution in [3.8, 4) is 0 Å². The van der Waals surface area contributed by atoms with E-state index in [0.29, 0.717) is 56.0 Å². The molecule has 31 heavy (non-hydrogen) atoms. The summed E-state index contributed by atoms with van der Waals surface area (Å²) in [5.41, 5.74) is -0.886. The fraction of sp³-hybridized carbons (Fsp3) is 0.960. The highest BCUT2D eigenvalue weighted by atomic mass is 16.7. The molecule has 0 radical (unpaired) electrons. The minimum Gasteiger partial charge on any atom is -0.481 e. The Kier molecular flexibility index (Phi) is 7.31. The number of aliphatic hydroxyl groups is 1. The summed E-state index contributed by atoms with van der Waals surface area (Å²) in [5.74, 6) is 2.06. The van der Waals surface area contributed by atoms with Gasteiger partial charge >= 0.3 is 5.97 Å². The third-order valence-electron chi connectivity index (χ3n) is 9.02. The summed E-state index contributed by atoms with van der Waals surface area (Å²) >= 11 is 0. The van der Waals surface area contributed by atoms with Crippen LogP contribution in [0.1, 0.15) is 78.6 Å². The second-order valence-electron chi connectivity index (χ2n) is 11.1. The maximum Gasteiger partial charge on any atom is 0.306 e. The van der Waals surface area contributed by atoms with Crippen LogP contribution in [0.25, 0.3) is 0 Å². The van der Waals surface area contributed by atoms with Gasteiger partial charge in [-0.2, -0.15) is 0 Å². The molecule has 0 spiro atoms. The van der Waals surface area contributed by atoms with Crippen LogP contribution in [0, 0.1) is 35.5 Å². The van der Waals surface area contributed by atoms with Gasteiger partial charge in [0, 0.05) is 12.5 Å². The highest BCUT2D eigenvalue weighted by molar-refractivity contribution is 5.70. The van der Waals surface area contributed by atoms with Crippen molar-refractivity contribution >= 4 is 5.97 Å². The predicted octanol–water partition coefficient (Wildman–Crippen LogP) is 4.24. The van der Waals surface area contributed by atoms with Gasteiger partial charge in [-0.1, -0.05) is 20.3 Å². The topological polar surface area (TPSA) is 85.2 Å². The first-order valence-electron chi connectivity index (χ1n) is 12.6. The fourth-order valence-corrected chi connectivity index (χ4v) is 6.90. The van der Waals surface area contributed by atoms with Gasteiger partial charge in [-0.15, -0.1) is 0 Å². The van der Waals surface area contributed by atoms with Crippen molar-refractivity contribution < 1.29 is 29.2 Å². The lowest BCUT2D eigenvalue weighted by atomic mass is 9.60. The molecule has 4 rings (SSSR count). The smallest absolute Gasteiger partial charge is 0.306 e. The van der Waals surface area contributed by atoms with Crippen LogP contribution in [-0.2, 0) is 19.0 Å². The Balaban J connectivity index is 1.29. The molecule has 4 aliphatic rings. The van der Waals surface area contributed by atoms with Crippen LogP contribution in [0.3, 0.4) is 0 Å². The molecule has 2 N–H and O–H groups in total. The van der Waals surface area contributed by atoms with Crippen molar-refractivity contribution in [2.24, 2.45) is 35.5 Å². The van der Waals surface area contributed by atoms with Crippen LogP contribution in [0.2, 0.25) is 0 Å². The van der Waals surface area contributed by atoms with E-state index in [4.69, 9.17) is 19.3 Å². The molecule has 6 heteroatoms. The molecule has 0 aromatic rings. The van der Waals surface area contributed by atoms with Crippen molar-refractivity contribution in [1.82, 2.24) is 0 Å². The molecule has 2 saturated heterocycles. The van der Waals surface area contributed by atoms with Gasteiger partial charge in [0.2, 0.25) is 0 Å². The summed E-state index contributed by atoms with van der Waals surface area (Å²) in [6.07, 6.45) is 8.11.